The van der Waals surface area contributed by atoms with Gasteiger partial charge in [0.15, 0.2) is 11.6 Å². The molecule has 2 aromatic carbocycles. The third-order valence-corrected chi connectivity index (χ3v) is 7.58. The van der Waals surface area contributed by atoms with Gasteiger partial charge in [-0.1, -0.05) is 46.4 Å². The first kappa shape index (κ1) is 58.8. The minimum absolute atomic E-state index is 0. The molecular weight excluding hydrogens is 1030 g/mol. The molecule has 0 spiro atoms. The van der Waals surface area contributed by atoms with Crippen LogP contribution in [0.2, 0.25) is 0 Å². The van der Waals surface area contributed by atoms with Gasteiger partial charge in [-0.05, 0) is 52.0 Å². The molecule has 2 rings (SSSR count). The third kappa shape index (κ3) is 16.7. The van der Waals surface area contributed by atoms with Crippen LogP contribution in [0.5, 0.6) is 23.0 Å². The van der Waals surface area contributed by atoms with Gasteiger partial charge in [0.05, 0.1) is 24.3 Å². The Bertz CT molecular complexity index is 1870. The number of aliphatic hydroxyl groups is 2. The quantitative estimate of drug-likeness (QED) is 0.0168. The van der Waals surface area contributed by atoms with Crippen molar-refractivity contribution < 1.29 is 128 Å². The number of carbonyl (C=O) groups is 4. The van der Waals surface area contributed by atoms with E-state index in [0.29, 0.717) is 24.3 Å². The van der Waals surface area contributed by atoms with Gasteiger partial charge in [0, 0.05) is 29.2 Å². The number of alkyl halides is 16. The number of rotatable bonds is 22. The van der Waals surface area contributed by atoms with E-state index in [-0.39, 0.29) is 42.4 Å². The summed E-state index contributed by atoms with van der Waals surface area (Å²) in [5.41, 5.74) is -17.4. The summed E-state index contributed by atoms with van der Waals surface area (Å²) in [6.45, 7) is 4.03. The van der Waals surface area contributed by atoms with Crippen molar-refractivity contribution in [3.05, 3.63) is 70.6 Å². The third-order valence-electron chi connectivity index (χ3n) is 6.56. The monoisotopic (exact) mass is 1060 g/mol. The molecule has 2 aromatic rings. The molecule has 0 aliphatic rings. The average Bonchev–Trinajstić information content (AvgIpc) is 3.11. The zero-order chi connectivity index (χ0) is 48.3. The number of hydrogen-bond acceptors (Lipinski definition) is 12. The van der Waals surface area contributed by atoms with Crippen LogP contribution in [0.3, 0.4) is 0 Å². The molecule has 0 saturated heterocycles. The number of halogens is 16. The first-order valence-corrected chi connectivity index (χ1v) is 17.9. The standard InChI is InChI=1S/2C17H14Cl2F6O6.Cu/c2*1-3-29-13(28)11(7(2)26)12(27)9-5-4-8(30-16(22,23)14(18)20)6-10(9)31-17(24,25)15(19)21;/h2*4-6,14-15,28H,3H2,1-2H3;/b2*13-11+;. The molecule has 29 heteroatoms. The molecule has 0 fully saturated rings. The molecule has 63 heavy (non-hydrogen) atoms. The minimum atomic E-state index is -4.78. The van der Waals surface area contributed by atoms with Crippen molar-refractivity contribution in [2.75, 3.05) is 13.2 Å². The number of benzene rings is 2. The first-order valence-electron chi connectivity index (χ1n) is 16.2. The summed E-state index contributed by atoms with van der Waals surface area (Å²) in [4.78, 5) is 48.8. The topological polar surface area (TPSA) is 164 Å². The molecule has 4 unspecified atom stereocenters. The number of hydrogen-bond donors (Lipinski definition) is 2. The summed E-state index contributed by atoms with van der Waals surface area (Å²) in [5, 5.41) is 19.5. The molecule has 1 radical (unpaired) electrons. The van der Waals surface area contributed by atoms with E-state index >= 15 is 0 Å². The van der Waals surface area contributed by atoms with Gasteiger partial charge in [0.2, 0.25) is 11.6 Å². The number of ketones is 4. The number of aliphatic hydroxyl groups excluding tert-OH is 2. The van der Waals surface area contributed by atoms with Gasteiger partial charge in [0.1, 0.15) is 34.1 Å². The second-order valence-corrected chi connectivity index (χ2v) is 12.7. The summed E-state index contributed by atoms with van der Waals surface area (Å²) in [5.74, 6) is -12.0. The summed E-state index contributed by atoms with van der Waals surface area (Å²) in [7, 11) is 0. The summed E-state index contributed by atoms with van der Waals surface area (Å²) in [6, 6.07) is 2.81. The molecule has 0 amide bonds. The van der Waals surface area contributed by atoms with E-state index in [1.54, 1.807) is 0 Å². The van der Waals surface area contributed by atoms with Crippen molar-refractivity contribution in [1.29, 1.82) is 0 Å². The Labute approximate surface area is 377 Å². The Morgan fingerprint density at radius 2 is 0.794 bits per heavy atom. The van der Waals surface area contributed by atoms with Gasteiger partial charge in [-0.15, -0.1) is 0 Å². The van der Waals surface area contributed by atoms with Crippen molar-refractivity contribution in [2.24, 2.45) is 0 Å². The molecule has 2 N–H and O–H groups in total. The fraction of sp³-hybridized carbons (Fsp3) is 0.412. The van der Waals surface area contributed by atoms with Gasteiger partial charge >= 0.3 is 24.4 Å². The number of ether oxygens (including phenoxy) is 6. The molecule has 359 valence electrons. The van der Waals surface area contributed by atoms with Gasteiger partial charge in [-0.25, -0.2) is 17.6 Å². The van der Waals surface area contributed by atoms with E-state index in [1.165, 1.54) is 13.8 Å². The van der Waals surface area contributed by atoms with E-state index < -0.39 is 127 Å². The van der Waals surface area contributed by atoms with Crippen molar-refractivity contribution in [3.63, 3.8) is 0 Å². The van der Waals surface area contributed by atoms with Gasteiger partial charge in [-0.3, -0.25) is 19.2 Å². The van der Waals surface area contributed by atoms with Crippen LogP contribution in [0.15, 0.2) is 59.4 Å². The van der Waals surface area contributed by atoms with Crippen LogP contribution < -0.4 is 18.9 Å². The molecule has 0 bridgehead atoms. The maximum atomic E-state index is 13.6. The van der Waals surface area contributed by atoms with Gasteiger partial charge in [0.25, 0.3) is 34.4 Å². The predicted octanol–water partition coefficient (Wildman–Crippen LogP) is 10.6. The van der Waals surface area contributed by atoms with Gasteiger partial charge < -0.3 is 38.6 Å². The van der Waals surface area contributed by atoms with E-state index in [0.717, 1.165) is 13.8 Å². The van der Waals surface area contributed by atoms with Crippen LogP contribution in [0.1, 0.15) is 48.4 Å². The zero-order valence-electron chi connectivity index (χ0n) is 31.5. The molecule has 0 heterocycles. The Morgan fingerprint density at radius 3 is 1.02 bits per heavy atom. The van der Waals surface area contributed by atoms with Gasteiger partial charge in [-0.2, -0.15) is 35.1 Å². The molecule has 0 saturated carbocycles. The second kappa shape index (κ2) is 24.2. The maximum absolute atomic E-state index is 13.6. The van der Waals surface area contributed by atoms with Crippen LogP contribution in [-0.4, -0.2) is 93.5 Å². The number of allylic oxidation sites excluding steroid dienone is 2. The fourth-order valence-corrected chi connectivity index (χ4v) is 4.14. The first-order chi connectivity index (χ1) is 28.3. The summed E-state index contributed by atoms with van der Waals surface area (Å²) >= 11 is 18.6. The maximum Gasteiger partial charge on any atom is 0.444 e. The normalized spacial score (nSPS) is 14.7. The van der Waals surface area contributed by atoms with E-state index in [2.05, 4.69) is 74.8 Å². The van der Waals surface area contributed by atoms with E-state index in [1.807, 2.05) is 0 Å². The largest absolute Gasteiger partial charge is 0.480 e. The fourth-order valence-electron chi connectivity index (χ4n) is 3.96. The number of carbonyl (C=O) groups excluding carboxylic acids is 4. The van der Waals surface area contributed by atoms with Crippen molar-refractivity contribution in [1.82, 2.24) is 0 Å². The SMILES string of the molecule is CCO/C(O)=C(\C(C)=O)C(=O)c1ccc(OC(F)(F)C(F)Cl)cc1OC(F)(F)C(F)Cl.CCO/C(O)=C(\C(C)=O)C(=O)c1ccc(OC(F)(F)C(F)Cl)cc1OC(F)(F)C(F)Cl.[Cu]. The Morgan fingerprint density at radius 1 is 0.540 bits per heavy atom. The molecule has 0 aromatic heterocycles. The average molecular weight is 1060 g/mol. The Kier molecular flexibility index (Phi) is 22.6. The summed E-state index contributed by atoms with van der Waals surface area (Å²) in [6.07, 6.45) is -18.8. The predicted molar refractivity (Wildman–Crippen MR) is 191 cm³/mol. The molecule has 4 atom stereocenters. The Balaban J connectivity index is 0.00000120. The smallest absolute Gasteiger partial charge is 0.444 e. The Hall–Kier alpha value is -4.16. The molecular formula is C34H28Cl4CuF12O12. The van der Waals surface area contributed by atoms with Crippen LogP contribution in [0.25, 0.3) is 0 Å². The molecule has 12 nitrogen and oxygen atoms in total. The second-order valence-electron chi connectivity index (χ2n) is 11.2. The minimum Gasteiger partial charge on any atom is -0.480 e. The van der Waals surface area contributed by atoms with E-state index in [4.69, 9.17) is 0 Å². The molecule has 0 aliphatic heterocycles. The summed E-state index contributed by atoms with van der Waals surface area (Å²) < 4.78 is 185. The molecule has 0 aliphatic carbocycles. The zero-order valence-corrected chi connectivity index (χ0v) is 35.5. The van der Waals surface area contributed by atoms with E-state index in [9.17, 15) is 82.1 Å². The van der Waals surface area contributed by atoms with Crippen molar-refractivity contribution in [3.8, 4) is 23.0 Å². The van der Waals surface area contributed by atoms with Crippen LogP contribution in [-0.2, 0) is 36.1 Å². The van der Waals surface area contributed by atoms with Crippen LogP contribution >= 0.6 is 46.4 Å². The van der Waals surface area contributed by atoms with Crippen molar-refractivity contribution in [2.45, 2.75) is 74.7 Å². The van der Waals surface area contributed by atoms with Crippen LogP contribution in [0.4, 0.5) is 52.7 Å². The van der Waals surface area contributed by atoms with Crippen molar-refractivity contribution >= 4 is 69.5 Å². The van der Waals surface area contributed by atoms with Crippen LogP contribution in [0, 0.1) is 0 Å². The number of Topliss-reactive ketones (excluding diaryl/α,β-unsaturated/α-hetero) is 4.